The van der Waals surface area contributed by atoms with Crippen LogP contribution in [-0.4, -0.2) is 34.1 Å². The lowest BCUT2D eigenvalue weighted by atomic mass is 10.1. The van der Waals surface area contributed by atoms with Crippen LogP contribution < -0.4 is 5.32 Å². The normalized spacial score (nSPS) is 12.2. The fourth-order valence-corrected chi connectivity index (χ4v) is 2.98. The Morgan fingerprint density at radius 3 is 1.93 bits per heavy atom. The predicted octanol–water partition coefficient (Wildman–Crippen LogP) is 5.07. The quantitative estimate of drug-likeness (QED) is 0.209. The SMILES string of the molecule is CCCCCC/C=C\CCCCCCCC(=O)N[C@H](CCCC(=O)O)C(=O)O. The molecule has 0 heterocycles. The third-order valence-corrected chi connectivity index (χ3v) is 4.68. The number of hydrogen-bond donors (Lipinski definition) is 3. The maximum absolute atomic E-state index is 11.9. The van der Waals surface area contributed by atoms with Crippen LogP contribution in [0.15, 0.2) is 12.2 Å². The second-order valence-corrected chi connectivity index (χ2v) is 7.37. The molecule has 1 atom stereocenters. The Hall–Kier alpha value is -1.85. The fourth-order valence-electron chi connectivity index (χ4n) is 2.98. The maximum Gasteiger partial charge on any atom is 0.326 e. The second kappa shape index (κ2) is 18.5. The number of carbonyl (C=O) groups is 3. The molecule has 162 valence electrons. The molecule has 0 bridgehead atoms. The lowest BCUT2D eigenvalue weighted by Gasteiger charge is -2.14. The molecule has 6 nitrogen and oxygen atoms in total. The smallest absolute Gasteiger partial charge is 0.326 e. The van der Waals surface area contributed by atoms with Crippen molar-refractivity contribution in [3.8, 4) is 0 Å². The first kappa shape index (κ1) is 26.1. The van der Waals surface area contributed by atoms with Gasteiger partial charge in [0.15, 0.2) is 0 Å². The van der Waals surface area contributed by atoms with E-state index < -0.39 is 18.0 Å². The molecular weight excluding hydrogens is 358 g/mol. The summed E-state index contributed by atoms with van der Waals surface area (Å²) >= 11 is 0. The zero-order chi connectivity index (χ0) is 21.0. The standard InChI is InChI=1S/C22H39NO5/c1-2-3-4-5-6-7-8-9-10-11-12-13-14-17-20(24)23-19(22(27)28)16-15-18-21(25)26/h7-8,19H,2-6,9-18H2,1H3,(H,23,24)(H,25,26)(H,27,28)/b8-7-/t19-/m1/s1. The van der Waals surface area contributed by atoms with Gasteiger partial charge in [-0.3, -0.25) is 9.59 Å². The van der Waals surface area contributed by atoms with Crippen molar-refractivity contribution in [1.29, 1.82) is 0 Å². The van der Waals surface area contributed by atoms with Crippen LogP contribution >= 0.6 is 0 Å². The molecule has 28 heavy (non-hydrogen) atoms. The van der Waals surface area contributed by atoms with E-state index in [0.29, 0.717) is 6.42 Å². The monoisotopic (exact) mass is 397 g/mol. The maximum atomic E-state index is 11.9. The van der Waals surface area contributed by atoms with E-state index in [-0.39, 0.29) is 25.2 Å². The summed E-state index contributed by atoms with van der Waals surface area (Å²) in [5.41, 5.74) is 0. The highest BCUT2D eigenvalue weighted by atomic mass is 16.4. The van der Waals surface area contributed by atoms with Crippen LogP contribution in [-0.2, 0) is 14.4 Å². The summed E-state index contributed by atoms with van der Waals surface area (Å²) in [5, 5.41) is 20.2. The van der Waals surface area contributed by atoms with Crippen molar-refractivity contribution in [3.05, 3.63) is 12.2 Å². The first-order valence-corrected chi connectivity index (χ1v) is 10.9. The van der Waals surface area contributed by atoms with Gasteiger partial charge in [-0.15, -0.1) is 0 Å². The topological polar surface area (TPSA) is 104 Å². The molecule has 0 aromatic carbocycles. The minimum absolute atomic E-state index is 0.0896. The number of hydrogen-bond acceptors (Lipinski definition) is 3. The fraction of sp³-hybridized carbons (Fsp3) is 0.773. The van der Waals surface area contributed by atoms with E-state index in [9.17, 15) is 14.4 Å². The molecule has 0 aliphatic rings. The molecule has 3 N–H and O–H groups in total. The van der Waals surface area contributed by atoms with Crippen molar-refractivity contribution in [1.82, 2.24) is 5.32 Å². The number of amides is 1. The third kappa shape index (κ3) is 17.6. The van der Waals surface area contributed by atoms with Crippen LogP contribution in [0.4, 0.5) is 0 Å². The molecule has 0 aromatic rings. The van der Waals surface area contributed by atoms with Gasteiger partial charge in [0.1, 0.15) is 6.04 Å². The summed E-state index contributed by atoms with van der Waals surface area (Å²) in [6.07, 6.45) is 17.8. The van der Waals surface area contributed by atoms with E-state index in [4.69, 9.17) is 10.2 Å². The number of allylic oxidation sites excluding steroid dienone is 2. The summed E-state index contributed by atoms with van der Waals surface area (Å²) in [7, 11) is 0. The molecule has 0 radical (unpaired) electrons. The molecule has 0 aliphatic heterocycles. The molecule has 0 unspecified atom stereocenters. The first-order chi connectivity index (χ1) is 13.5. The molecule has 0 spiro atoms. The van der Waals surface area contributed by atoms with E-state index in [1.54, 1.807) is 0 Å². The van der Waals surface area contributed by atoms with Gasteiger partial charge in [-0.2, -0.15) is 0 Å². The van der Waals surface area contributed by atoms with E-state index in [2.05, 4.69) is 24.4 Å². The largest absolute Gasteiger partial charge is 0.481 e. The molecule has 0 aromatic heterocycles. The van der Waals surface area contributed by atoms with Crippen molar-refractivity contribution in [2.45, 2.75) is 109 Å². The Balaban J connectivity index is 3.63. The summed E-state index contributed by atoms with van der Waals surface area (Å²) in [6.45, 7) is 2.22. The second-order valence-electron chi connectivity index (χ2n) is 7.37. The van der Waals surface area contributed by atoms with E-state index in [0.717, 1.165) is 32.1 Å². The third-order valence-electron chi connectivity index (χ3n) is 4.68. The summed E-state index contributed by atoms with van der Waals surface area (Å²) in [5.74, 6) is -2.34. The minimum atomic E-state index is -1.11. The Morgan fingerprint density at radius 2 is 1.36 bits per heavy atom. The number of rotatable bonds is 19. The Kier molecular flexibility index (Phi) is 17.3. The van der Waals surface area contributed by atoms with Crippen LogP contribution in [0, 0.1) is 0 Å². The average Bonchev–Trinajstić information content (AvgIpc) is 2.64. The number of carboxylic acid groups (broad SMARTS) is 2. The minimum Gasteiger partial charge on any atom is -0.481 e. The van der Waals surface area contributed by atoms with Gasteiger partial charge in [-0.1, -0.05) is 57.6 Å². The van der Waals surface area contributed by atoms with Crippen LogP contribution in [0.1, 0.15) is 103 Å². The van der Waals surface area contributed by atoms with Gasteiger partial charge in [-0.25, -0.2) is 4.79 Å². The van der Waals surface area contributed by atoms with Crippen molar-refractivity contribution in [2.75, 3.05) is 0 Å². The molecule has 6 heteroatoms. The lowest BCUT2D eigenvalue weighted by Crippen LogP contribution is -2.40. The summed E-state index contributed by atoms with van der Waals surface area (Å²) in [4.78, 5) is 33.5. The van der Waals surface area contributed by atoms with Crippen molar-refractivity contribution in [3.63, 3.8) is 0 Å². The lowest BCUT2D eigenvalue weighted by molar-refractivity contribution is -0.142. The van der Waals surface area contributed by atoms with Crippen LogP contribution in [0.5, 0.6) is 0 Å². The van der Waals surface area contributed by atoms with E-state index in [1.165, 1.54) is 38.5 Å². The molecule has 1 amide bonds. The number of aliphatic carboxylic acids is 2. The summed E-state index contributed by atoms with van der Waals surface area (Å²) in [6, 6.07) is -0.999. The summed E-state index contributed by atoms with van der Waals surface area (Å²) < 4.78 is 0. The number of carboxylic acids is 2. The number of nitrogens with one attached hydrogen (secondary N) is 1. The van der Waals surface area contributed by atoms with Gasteiger partial charge in [0.25, 0.3) is 0 Å². The number of unbranched alkanes of at least 4 members (excludes halogenated alkanes) is 9. The van der Waals surface area contributed by atoms with Gasteiger partial charge in [0.2, 0.25) is 5.91 Å². The average molecular weight is 398 g/mol. The van der Waals surface area contributed by atoms with E-state index in [1.807, 2.05) is 0 Å². The molecule has 0 saturated heterocycles. The predicted molar refractivity (Wildman–Crippen MR) is 111 cm³/mol. The van der Waals surface area contributed by atoms with Crippen LogP contribution in [0.25, 0.3) is 0 Å². The first-order valence-electron chi connectivity index (χ1n) is 10.9. The van der Waals surface area contributed by atoms with Crippen molar-refractivity contribution >= 4 is 17.8 Å². The molecule has 0 saturated carbocycles. The van der Waals surface area contributed by atoms with Crippen molar-refractivity contribution < 1.29 is 24.6 Å². The van der Waals surface area contributed by atoms with Gasteiger partial charge >= 0.3 is 11.9 Å². The van der Waals surface area contributed by atoms with Crippen LogP contribution in [0.2, 0.25) is 0 Å². The Labute approximate surface area is 169 Å². The highest BCUT2D eigenvalue weighted by Gasteiger charge is 2.19. The highest BCUT2D eigenvalue weighted by molar-refractivity contribution is 5.83. The highest BCUT2D eigenvalue weighted by Crippen LogP contribution is 2.09. The zero-order valence-corrected chi connectivity index (χ0v) is 17.5. The zero-order valence-electron chi connectivity index (χ0n) is 17.5. The van der Waals surface area contributed by atoms with Crippen molar-refractivity contribution in [2.24, 2.45) is 0 Å². The molecule has 0 rings (SSSR count). The molecule has 0 fully saturated rings. The molecular formula is C22H39NO5. The van der Waals surface area contributed by atoms with E-state index >= 15 is 0 Å². The van der Waals surface area contributed by atoms with Gasteiger partial charge in [-0.05, 0) is 44.9 Å². The Bertz CT molecular complexity index is 462. The Morgan fingerprint density at radius 1 is 0.786 bits per heavy atom. The molecule has 0 aliphatic carbocycles. The van der Waals surface area contributed by atoms with Gasteiger partial charge in [0, 0.05) is 12.8 Å². The van der Waals surface area contributed by atoms with Gasteiger partial charge in [0.05, 0.1) is 0 Å². The van der Waals surface area contributed by atoms with Crippen LogP contribution in [0.3, 0.4) is 0 Å². The number of carbonyl (C=O) groups excluding carboxylic acids is 1. The van der Waals surface area contributed by atoms with Gasteiger partial charge < -0.3 is 15.5 Å².